The van der Waals surface area contributed by atoms with E-state index in [1.54, 1.807) is 18.9 Å². The van der Waals surface area contributed by atoms with E-state index in [0.29, 0.717) is 12.2 Å². The summed E-state index contributed by atoms with van der Waals surface area (Å²) < 4.78 is 6.16. The predicted octanol–water partition coefficient (Wildman–Crippen LogP) is 5.00. The second-order valence-corrected chi connectivity index (χ2v) is 6.83. The number of fused-ring (bicyclic) bond motifs is 1. The monoisotopic (exact) mass is 374 g/mol. The lowest BCUT2D eigenvalue weighted by Gasteiger charge is -2.05. The molecule has 2 aromatic carbocycles. The Morgan fingerprint density at radius 3 is 2.59 bits per heavy atom. The fourth-order valence-electron chi connectivity index (χ4n) is 2.58. The first kappa shape index (κ1) is 15.4. The molecule has 2 nitrogen and oxygen atoms in total. The van der Waals surface area contributed by atoms with Crippen molar-refractivity contribution in [1.29, 1.82) is 0 Å². The number of hydrogen-bond acceptors (Lipinski definition) is 3. The number of rotatable bonds is 3. The smallest absolute Gasteiger partial charge is 0.189 e. The van der Waals surface area contributed by atoms with Gasteiger partial charge in [-0.25, -0.2) is 0 Å². The minimum atomic E-state index is 0.0924. The second-order valence-electron chi connectivity index (χ2n) is 5.09. The van der Waals surface area contributed by atoms with E-state index in [1.165, 1.54) is 4.90 Å². The summed E-state index contributed by atoms with van der Waals surface area (Å²) in [6.07, 6.45) is 4.70. The van der Waals surface area contributed by atoms with Gasteiger partial charge in [0.1, 0.15) is 5.75 Å². The number of methoxy groups -OCH3 is 1. The summed E-state index contributed by atoms with van der Waals surface area (Å²) in [5, 5.41) is 0. The van der Waals surface area contributed by atoms with Crippen LogP contribution in [0.2, 0.25) is 0 Å². The third-order valence-corrected chi connectivity index (χ3v) is 5.11. The van der Waals surface area contributed by atoms with Gasteiger partial charge in [0.25, 0.3) is 0 Å². The Bertz CT molecular complexity index is 763. The predicted molar refractivity (Wildman–Crippen MR) is 94.9 cm³/mol. The van der Waals surface area contributed by atoms with E-state index in [4.69, 9.17) is 4.74 Å². The Kier molecular flexibility index (Phi) is 4.41. The van der Waals surface area contributed by atoms with Crippen LogP contribution < -0.4 is 4.74 Å². The molecule has 0 N–H and O–H groups in total. The van der Waals surface area contributed by atoms with Gasteiger partial charge in [0, 0.05) is 22.5 Å². The molecular formula is C18H15BrO2S. The van der Waals surface area contributed by atoms with Gasteiger partial charge in [-0.1, -0.05) is 12.1 Å². The second kappa shape index (κ2) is 6.31. The van der Waals surface area contributed by atoms with Crippen LogP contribution in [0, 0.1) is 0 Å². The molecule has 0 saturated heterocycles. The molecule has 0 amide bonds. The van der Waals surface area contributed by atoms with Gasteiger partial charge in [0.2, 0.25) is 0 Å². The molecule has 4 heteroatoms. The van der Waals surface area contributed by atoms with Gasteiger partial charge in [-0.2, -0.15) is 0 Å². The molecule has 0 bridgehead atoms. The van der Waals surface area contributed by atoms with Crippen molar-refractivity contribution in [3.05, 3.63) is 63.1 Å². The van der Waals surface area contributed by atoms with Crippen LogP contribution in [0.15, 0.2) is 51.3 Å². The van der Waals surface area contributed by atoms with Gasteiger partial charge in [0.05, 0.1) is 11.6 Å². The van der Waals surface area contributed by atoms with Crippen LogP contribution in [0.5, 0.6) is 5.75 Å². The van der Waals surface area contributed by atoms with Gasteiger partial charge in [0.15, 0.2) is 5.78 Å². The number of hydrogen-bond donors (Lipinski definition) is 0. The summed E-state index contributed by atoms with van der Waals surface area (Å²) in [6.45, 7) is 0. The van der Waals surface area contributed by atoms with Crippen molar-refractivity contribution in [2.75, 3.05) is 13.4 Å². The summed E-state index contributed by atoms with van der Waals surface area (Å²) in [4.78, 5) is 13.8. The molecule has 2 aromatic rings. The summed E-state index contributed by atoms with van der Waals surface area (Å²) in [6, 6.07) is 12.0. The minimum Gasteiger partial charge on any atom is -0.496 e. The van der Waals surface area contributed by atoms with Crippen LogP contribution in [0.25, 0.3) is 6.08 Å². The largest absolute Gasteiger partial charge is 0.496 e. The fourth-order valence-corrected chi connectivity index (χ4v) is 3.55. The molecule has 1 aliphatic carbocycles. The number of ether oxygens (including phenoxy) is 1. The van der Waals surface area contributed by atoms with E-state index >= 15 is 0 Å². The Hall–Kier alpha value is -1.52. The fraction of sp³-hybridized carbons (Fsp3) is 0.167. The molecule has 0 fully saturated rings. The van der Waals surface area contributed by atoms with E-state index < -0.39 is 0 Å². The van der Waals surface area contributed by atoms with Crippen molar-refractivity contribution in [2.24, 2.45) is 0 Å². The number of benzene rings is 2. The van der Waals surface area contributed by atoms with Gasteiger partial charge >= 0.3 is 0 Å². The van der Waals surface area contributed by atoms with Crippen molar-refractivity contribution in [3.63, 3.8) is 0 Å². The van der Waals surface area contributed by atoms with Gasteiger partial charge in [-0.15, -0.1) is 11.8 Å². The lowest BCUT2D eigenvalue weighted by Crippen LogP contribution is -1.96. The summed E-state index contributed by atoms with van der Waals surface area (Å²) >= 11 is 5.18. The van der Waals surface area contributed by atoms with Crippen molar-refractivity contribution in [2.45, 2.75) is 11.3 Å². The lowest BCUT2D eigenvalue weighted by atomic mass is 10.1. The van der Waals surface area contributed by atoms with Crippen LogP contribution in [0.3, 0.4) is 0 Å². The molecule has 1 aliphatic rings. The van der Waals surface area contributed by atoms with Crippen LogP contribution in [-0.4, -0.2) is 19.1 Å². The van der Waals surface area contributed by atoms with Crippen LogP contribution in [0.4, 0.5) is 0 Å². The minimum absolute atomic E-state index is 0.0924. The average Bonchev–Trinajstić information content (AvgIpc) is 2.82. The van der Waals surface area contributed by atoms with Crippen molar-refractivity contribution in [3.8, 4) is 5.75 Å². The Labute approximate surface area is 142 Å². The number of Topliss-reactive ketones (excluding diaryl/α,β-unsaturated/α-hetero) is 1. The number of carbonyl (C=O) groups is 1. The zero-order valence-corrected chi connectivity index (χ0v) is 14.8. The maximum atomic E-state index is 12.6. The highest BCUT2D eigenvalue weighted by Gasteiger charge is 2.26. The van der Waals surface area contributed by atoms with Gasteiger partial charge < -0.3 is 4.74 Å². The number of thioether (sulfide) groups is 1. The SMILES string of the molecule is COc1cc2c(cc1Br)C/C(=C\c1ccc(SC)cc1)C2=O. The van der Waals surface area contributed by atoms with Crippen LogP contribution >= 0.6 is 27.7 Å². The van der Waals surface area contributed by atoms with Crippen LogP contribution in [-0.2, 0) is 6.42 Å². The molecule has 112 valence electrons. The molecule has 0 radical (unpaired) electrons. The highest BCUT2D eigenvalue weighted by Crippen LogP contribution is 2.35. The van der Waals surface area contributed by atoms with Gasteiger partial charge in [-0.05, 0) is 63.7 Å². The Morgan fingerprint density at radius 2 is 1.95 bits per heavy atom. The molecule has 3 rings (SSSR count). The molecule has 0 atom stereocenters. The number of allylic oxidation sites excluding steroid dienone is 1. The molecule has 0 saturated carbocycles. The van der Waals surface area contributed by atoms with Crippen molar-refractivity contribution in [1.82, 2.24) is 0 Å². The normalized spacial score (nSPS) is 15.2. The third kappa shape index (κ3) is 2.85. The Morgan fingerprint density at radius 1 is 1.23 bits per heavy atom. The van der Waals surface area contributed by atoms with E-state index in [0.717, 1.165) is 26.7 Å². The summed E-state index contributed by atoms with van der Waals surface area (Å²) in [7, 11) is 1.61. The maximum Gasteiger partial charge on any atom is 0.189 e. The number of halogens is 1. The first-order valence-electron chi connectivity index (χ1n) is 6.88. The molecule has 0 aliphatic heterocycles. The highest BCUT2D eigenvalue weighted by atomic mass is 79.9. The van der Waals surface area contributed by atoms with E-state index in [1.807, 2.05) is 30.3 Å². The van der Waals surface area contributed by atoms with Crippen LogP contribution in [0.1, 0.15) is 21.5 Å². The molecule has 22 heavy (non-hydrogen) atoms. The molecule has 0 heterocycles. The highest BCUT2D eigenvalue weighted by molar-refractivity contribution is 9.10. The first-order chi connectivity index (χ1) is 10.6. The van der Waals surface area contributed by atoms with E-state index in [2.05, 4.69) is 34.3 Å². The van der Waals surface area contributed by atoms with E-state index in [-0.39, 0.29) is 5.78 Å². The molecule has 0 unspecified atom stereocenters. The van der Waals surface area contributed by atoms with E-state index in [9.17, 15) is 4.79 Å². The summed E-state index contributed by atoms with van der Waals surface area (Å²) in [5.74, 6) is 0.785. The standard InChI is InChI=1S/C18H15BrO2S/c1-21-17-10-15-12(9-16(17)19)8-13(18(15)20)7-11-3-5-14(22-2)6-4-11/h3-7,9-10H,8H2,1-2H3/b13-7+. The molecule has 0 spiro atoms. The molecule has 0 aromatic heterocycles. The zero-order valence-electron chi connectivity index (χ0n) is 12.4. The molecular weight excluding hydrogens is 360 g/mol. The average molecular weight is 375 g/mol. The van der Waals surface area contributed by atoms with Crippen molar-refractivity contribution < 1.29 is 9.53 Å². The number of ketones is 1. The zero-order chi connectivity index (χ0) is 15.7. The number of carbonyl (C=O) groups excluding carboxylic acids is 1. The summed E-state index contributed by atoms with van der Waals surface area (Å²) in [5.41, 5.74) is 3.67. The van der Waals surface area contributed by atoms with Gasteiger partial charge in [-0.3, -0.25) is 4.79 Å². The lowest BCUT2D eigenvalue weighted by molar-refractivity contribution is 0.104. The topological polar surface area (TPSA) is 26.3 Å². The van der Waals surface area contributed by atoms with Crippen molar-refractivity contribution >= 4 is 39.6 Å². The first-order valence-corrected chi connectivity index (χ1v) is 8.90. The third-order valence-electron chi connectivity index (χ3n) is 3.75. The maximum absolute atomic E-state index is 12.6. The Balaban J connectivity index is 1.94. The quantitative estimate of drug-likeness (QED) is 0.558.